The molecule has 1 aromatic carbocycles. The van der Waals surface area contributed by atoms with Gasteiger partial charge in [0.1, 0.15) is 5.82 Å². The maximum Gasteiger partial charge on any atom is 0.314 e. The molecule has 0 atom stereocenters. The summed E-state index contributed by atoms with van der Waals surface area (Å²) in [7, 11) is 0. The van der Waals surface area contributed by atoms with Crippen molar-refractivity contribution in [3.05, 3.63) is 34.1 Å². The third-order valence-electron chi connectivity index (χ3n) is 3.31. The summed E-state index contributed by atoms with van der Waals surface area (Å²) in [6.07, 6.45) is 2.71. The lowest BCUT2D eigenvalue weighted by atomic mass is 9.78. The Kier molecular flexibility index (Phi) is 3.02. The fraction of sp³-hybridized carbons (Fsp3) is 0.417. The van der Waals surface area contributed by atoms with Crippen LogP contribution in [0.4, 0.5) is 4.39 Å². The van der Waals surface area contributed by atoms with Crippen LogP contribution in [0.1, 0.15) is 31.2 Å². The molecule has 2 nitrogen and oxygen atoms in total. The van der Waals surface area contributed by atoms with Crippen LogP contribution in [0.15, 0.2) is 22.7 Å². The molecular formula is C12H12BrFO2. The number of carbonyl (C=O) groups is 1. The van der Waals surface area contributed by atoms with Crippen LogP contribution < -0.4 is 0 Å². The van der Waals surface area contributed by atoms with Gasteiger partial charge in [0.15, 0.2) is 0 Å². The Bertz CT molecular complexity index is 405. The highest BCUT2D eigenvalue weighted by Crippen LogP contribution is 2.45. The number of carboxylic acids is 1. The largest absolute Gasteiger partial charge is 0.481 e. The van der Waals surface area contributed by atoms with Gasteiger partial charge in [0.05, 0.1) is 5.41 Å². The molecule has 0 amide bonds. The molecule has 1 aliphatic rings. The molecule has 1 fully saturated rings. The molecule has 0 bridgehead atoms. The zero-order valence-corrected chi connectivity index (χ0v) is 10.3. The third-order valence-corrected chi connectivity index (χ3v) is 3.97. The molecule has 16 heavy (non-hydrogen) atoms. The van der Waals surface area contributed by atoms with Crippen molar-refractivity contribution < 1.29 is 14.3 Å². The lowest BCUT2D eigenvalue weighted by Gasteiger charge is -2.25. The predicted molar refractivity (Wildman–Crippen MR) is 61.9 cm³/mol. The van der Waals surface area contributed by atoms with Gasteiger partial charge in [-0.25, -0.2) is 4.39 Å². The van der Waals surface area contributed by atoms with Gasteiger partial charge in [-0.05, 0) is 25.0 Å². The van der Waals surface area contributed by atoms with Gasteiger partial charge in [-0.2, -0.15) is 0 Å². The number of rotatable bonds is 2. The maximum atomic E-state index is 13.8. The summed E-state index contributed by atoms with van der Waals surface area (Å²) in [4.78, 5) is 11.4. The minimum atomic E-state index is -1.04. The summed E-state index contributed by atoms with van der Waals surface area (Å²) in [5, 5.41) is 9.38. The van der Waals surface area contributed by atoms with Crippen LogP contribution in [0, 0.1) is 5.82 Å². The molecule has 0 spiro atoms. The Morgan fingerprint density at radius 2 is 2.00 bits per heavy atom. The molecule has 0 saturated heterocycles. The summed E-state index contributed by atoms with van der Waals surface area (Å²) in [6, 6.07) is 4.60. The molecule has 4 heteroatoms. The number of hydrogen-bond donors (Lipinski definition) is 1. The van der Waals surface area contributed by atoms with Crippen molar-refractivity contribution in [2.75, 3.05) is 0 Å². The summed E-state index contributed by atoms with van der Waals surface area (Å²) in [5.74, 6) is -1.35. The Morgan fingerprint density at radius 3 is 2.50 bits per heavy atom. The van der Waals surface area contributed by atoms with Gasteiger partial charge in [-0.15, -0.1) is 0 Å². The second-order valence-electron chi connectivity index (χ2n) is 4.19. The minimum Gasteiger partial charge on any atom is -0.481 e. The quantitative estimate of drug-likeness (QED) is 0.904. The van der Waals surface area contributed by atoms with Crippen molar-refractivity contribution in [3.63, 3.8) is 0 Å². The lowest BCUT2D eigenvalue weighted by molar-refractivity contribution is -0.143. The molecular weight excluding hydrogens is 275 g/mol. The van der Waals surface area contributed by atoms with Crippen molar-refractivity contribution >= 4 is 21.9 Å². The smallest absolute Gasteiger partial charge is 0.314 e. The van der Waals surface area contributed by atoms with Crippen LogP contribution in [0.5, 0.6) is 0 Å². The molecule has 0 aliphatic heterocycles. The van der Waals surface area contributed by atoms with E-state index in [-0.39, 0.29) is 0 Å². The summed E-state index contributed by atoms with van der Waals surface area (Å²) in [5.41, 5.74) is -0.732. The normalized spacial score (nSPS) is 18.6. The SMILES string of the molecule is O=C(O)C1(c2c(F)cccc2Br)CCCC1. The highest BCUT2D eigenvalue weighted by Gasteiger charge is 2.45. The van der Waals surface area contributed by atoms with Gasteiger partial charge < -0.3 is 5.11 Å². The first-order valence-corrected chi connectivity index (χ1v) is 6.05. The van der Waals surface area contributed by atoms with Crippen molar-refractivity contribution in [1.29, 1.82) is 0 Å². The van der Waals surface area contributed by atoms with Crippen LogP contribution in [-0.2, 0) is 10.2 Å². The highest BCUT2D eigenvalue weighted by molar-refractivity contribution is 9.10. The lowest BCUT2D eigenvalue weighted by Crippen LogP contribution is -2.34. The number of benzene rings is 1. The molecule has 1 aromatic rings. The topological polar surface area (TPSA) is 37.3 Å². The number of carboxylic acid groups (broad SMARTS) is 1. The number of halogens is 2. The summed E-state index contributed by atoms with van der Waals surface area (Å²) in [6.45, 7) is 0. The van der Waals surface area contributed by atoms with Crippen molar-refractivity contribution in [1.82, 2.24) is 0 Å². The molecule has 1 N–H and O–H groups in total. The fourth-order valence-corrected chi connectivity index (χ4v) is 3.23. The first-order chi connectivity index (χ1) is 7.58. The zero-order valence-electron chi connectivity index (χ0n) is 8.67. The van der Waals surface area contributed by atoms with E-state index < -0.39 is 17.2 Å². The molecule has 1 saturated carbocycles. The zero-order chi connectivity index (χ0) is 11.8. The van der Waals surface area contributed by atoms with E-state index in [1.807, 2.05) is 0 Å². The van der Waals surface area contributed by atoms with Gasteiger partial charge >= 0.3 is 5.97 Å². The molecule has 1 aliphatic carbocycles. The van der Waals surface area contributed by atoms with Crippen molar-refractivity contribution in [2.45, 2.75) is 31.1 Å². The predicted octanol–water partition coefficient (Wildman–Crippen LogP) is 3.48. The molecule has 0 unspecified atom stereocenters. The van der Waals surface area contributed by atoms with E-state index in [1.165, 1.54) is 6.07 Å². The Morgan fingerprint density at radius 1 is 1.38 bits per heavy atom. The van der Waals surface area contributed by atoms with Crippen LogP contribution in [0.25, 0.3) is 0 Å². The molecule has 0 aromatic heterocycles. The van der Waals surface area contributed by atoms with E-state index in [4.69, 9.17) is 0 Å². The monoisotopic (exact) mass is 286 g/mol. The Hall–Kier alpha value is -0.900. The van der Waals surface area contributed by atoms with E-state index in [9.17, 15) is 14.3 Å². The first-order valence-electron chi connectivity index (χ1n) is 5.26. The van der Waals surface area contributed by atoms with E-state index in [0.717, 1.165) is 12.8 Å². The van der Waals surface area contributed by atoms with Crippen LogP contribution in [0.2, 0.25) is 0 Å². The van der Waals surface area contributed by atoms with Crippen LogP contribution in [0.3, 0.4) is 0 Å². The van der Waals surface area contributed by atoms with Gasteiger partial charge in [0, 0.05) is 10.0 Å². The minimum absolute atomic E-state index is 0.306. The van der Waals surface area contributed by atoms with Crippen LogP contribution >= 0.6 is 15.9 Å². The second kappa shape index (κ2) is 4.17. The molecule has 0 radical (unpaired) electrons. The average molecular weight is 287 g/mol. The Labute approximate surface area is 102 Å². The Balaban J connectivity index is 2.60. The van der Waals surface area contributed by atoms with E-state index in [1.54, 1.807) is 12.1 Å². The second-order valence-corrected chi connectivity index (χ2v) is 5.05. The molecule has 2 rings (SSSR count). The van der Waals surface area contributed by atoms with Gasteiger partial charge in [0.25, 0.3) is 0 Å². The average Bonchev–Trinajstić information content (AvgIpc) is 2.67. The maximum absolute atomic E-state index is 13.8. The number of aliphatic carboxylic acids is 1. The standard InChI is InChI=1S/C12H12BrFO2/c13-8-4-3-5-9(14)10(8)12(11(15)16)6-1-2-7-12/h3-5H,1-2,6-7H2,(H,15,16). The first kappa shape index (κ1) is 11.6. The summed E-state index contributed by atoms with van der Waals surface area (Å²) < 4.78 is 14.4. The third kappa shape index (κ3) is 1.65. The van der Waals surface area contributed by atoms with E-state index in [2.05, 4.69) is 15.9 Å². The molecule has 86 valence electrons. The molecule has 0 heterocycles. The van der Waals surface area contributed by atoms with Crippen molar-refractivity contribution in [2.24, 2.45) is 0 Å². The van der Waals surface area contributed by atoms with E-state index >= 15 is 0 Å². The van der Waals surface area contributed by atoms with Gasteiger partial charge in [0.2, 0.25) is 0 Å². The van der Waals surface area contributed by atoms with Crippen molar-refractivity contribution in [3.8, 4) is 0 Å². The number of hydrogen-bond acceptors (Lipinski definition) is 1. The fourth-order valence-electron chi connectivity index (χ4n) is 2.50. The summed E-state index contributed by atoms with van der Waals surface area (Å²) >= 11 is 3.26. The van der Waals surface area contributed by atoms with Gasteiger partial charge in [-0.1, -0.05) is 34.8 Å². The highest BCUT2D eigenvalue weighted by atomic mass is 79.9. The van der Waals surface area contributed by atoms with Gasteiger partial charge in [-0.3, -0.25) is 4.79 Å². The van der Waals surface area contributed by atoms with E-state index in [0.29, 0.717) is 22.9 Å². The van der Waals surface area contributed by atoms with Crippen LogP contribution in [-0.4, -0.2) is 11.1 Å².